The Labute approximate surface area is 232 Å². The molecule has 0 aliphatic carbocycles. The number of ether oxygens (including phenoxy) is 1. The van der Waals surface area contributed by atoms with Crippen molar-refractivity contribution in [3.63, 3.8) is 0 Å². The van der Waals surface area contributed by atoms with E-state index < -0.39 is 0 Å². The summed E-state index contributed by atoms with van der Waals surface area (Å²) in [6.07, 6.45) is 3.35. The first-order valence-corrected chi connectivity index (χ1v) is 14.1. The molecule has 1 amide bonds. The molecule has 0 saturated carbocycles. The summed E-state index contributed by atoms with van der Waals surface area (Å²) in [7, 11) is 0. The number of benzene rings is 2. The molecule has 4 heterocycles. The van der Waals surface area contributed by atoms with E-state index in [-0.39, 0.29) is 17.5 Å². The zero-order valence-electron chi connectivity index (χ0n) is 22.4. The van der Waals surface area contributed by atoms with Crippen LogP contribution in [-0.4, -0.2) is 52.2 Å². The normalized spacial score (nSPS) is 18.4. The van der Waals surface area contributed by atoms with Crippen molar-refractivity contribution in [1.29, 1.82) is 0 Å². The Morgan fingerprint density at radius 2 is 1.95 bits per heavy atom. The van der Waals surface area contributed by atoms with E-state index in [1.165, 1.54) is 16.9 Å². The fourth-order valence-electron chi connectivity index (χ4n) is 5.25. The van der Waals surface area contributed by atoms with Gasteiger partial charge in [-0.1, -0.05) is 35.6 Å². The number of aromatic nitrogens is 3. The predicted octanol–water partition coefficient (Wildman–Crippen LogP) is 5.16. The number of nitrogens with one attached hydrogen (secondary N) is 2. The van der Waals surface area contributed by atoms with Gasteiger partial charge in [-0.25, -0.2) is 15.0 Å². The van der Waals surface area contributed by atoms with Gasteiger partial charge in [-0.05, 0) is 63.1 Å². The molecule has 4 aromatic rings. The maximum atomic E-state index is 12.7. The Bertz CT molecular complexity index is 1520. The molecule has 1 unspecified atom stereocenters. The molecule has 200 valence electrons. The summed E-state index contributed by atoms with van der Waals surface area (Å²) in [5, 5.41) is 7.56. The van der Waals surface area contributed by atoms with Gasteiger partial charge in [0.25, 0.3) is 5.91 Å². The second kappa shape index (κ2) is 10.4. The summed E-state index contributed by atoms with van der Waals surface area (Å²) in [6.45, 7) is 8.02. The Morgan fingerprint density at radius 3 is 2.79 bits per heavy atom. The molecule has 39 heavy (non-hydrogen) atoms. The quantitative estimate of drug-likeness (QED) is 0.349. The SMILES string of the molecule is Cc1nccc(-c2cccc(Nc3cccc(CC4COCCN4c4nc5c(s4)C(=O)NC(C)(C)C5)c3)c2)n1. The second-order valence-electron chi connectivity index (χ2n) is 10.8. The molecule has 6 rings (SSSR count). The van der Waals surface area contributed by atoms with Gasteiger partial charge < -0.3 is 20.3 Å². The molecule has 0 radical (unpaired) electrons. The summed E-state index contributed by atoms with van der Waals surface area (Å²) in [6, 6.07) is 18.8. The molecule has 8 nitrogen and oxygen atoms in total. The zero-order chi connectivity index (χ0) is 27.0. The third-order valence-corrected chi connectivity index (χ3v) is 8.18. The highest BCUT2D eigenvalue weighted by Gasteiger charge is 2.35. The number of anilines is 3. The fraction of sp³-hybridized carbons (Fsp3) is 0.333. The number of amides is 1. The smallest absolute Gasteiger partial charge is 0.263 e. The van der Waals surface area contributed by atoms with Gasteiger partial charge in [0.2, 0.25) is 0 Å². The van der Waals surface area contributed by atoms with Crippen molar-refractivity contribution in [2.24, 2.45) is 0 Å². The van der Waals surface area contributed by atoms with Gasteiger partial charge in [0.05, 0.1) is 30.6 Å². The van der Waals surface area contributed by atoms with Gasteiger partial charge in [-0.2, -0.15) is 0 Å². The van der Waals surface area contributed by atoms with Gasteiger partial charge in [0, 0.05) is 41.6 Å². The predicted molar refractivity (Wildman–Crippen MR) is 155 cm³/mol. The molecule has 2 N–H and O–H groups in total. The van der Waals surface area contributed by atoms with Crippen LogP contribution >= 0.6 is 11.3 Å². The Balaban J connectivity index is 1.19. The lowest BCUT2D eigenvalue weighted by Gasteiger charge is -2.35. The van der Waals surface area contributed by atoms with Crippen LogP contribution in [0.25, 0.3) is 11.3 Å². The molecule has 1 atom stereocenters. The average molecular weight is 541 g/mol. The van der Waals surface area contributed by atoms with Crippen molar-refractivity contribution in [2.45, 2.75) is 45.2 Å². The van der Waals surface area contributed by atoms with Gasteiger partial charge in [0.1, 0.15) is 10.7 Å². The first-order valence-electron chi connectivity index (χ1n) is 13.3. The number of carbonyl (C=O) groups excluding carboxylic acids is 1. The third-order valence-electron chi connectivity index (χ3n) is 7.05. The number of fused-ring (bicyclic) bond motifs is 1. The highest BCUT2D eigenvalue weighted by atomic mass is 32.1. The summed E-state index contributed by atoms with van der Waals surface area (Å²) in [5.41, 5.74) is 5.80. The van der Waals surface area contributed by atoms with Crippen molar-refractivity contribution in [3.05, 3.63) is 82.8 Å². The molecule has 2 aliphatic rings. The Morgan fingerprint density at radius 1 is 1.13 bits per heavy atom. The van der Waals surface area contributed by atoms with E-state index in [2.05, 4.69) is 68.0 Å². The molecule has 1 saturated heterocycles. The van der Waals surface area contributed by atoms with Crippen LogP contribution in [0, 0.1) is 6.92 Å². The van der Waals surface area contributed by atoms with E-state index in [0.29, 0.717) is 13.2 Å². The van der Waals surface area contributed by atoms with Gasteiger partial charge in [0.15, 0.2) is 5.13 Å². The van der Waals surface area contributed by atoms with Crippen molar-refractivity contribution >= 4 is 33.8 Å². The van der Waals surface area contributed by atoms with Crippen LogP contribution in [0.2, 0.25) is 0 Å². The highest BCUT2D eigenvalue weighted by molar-refractivity contribution is 7.17. The van der Waals surface area contributed by atoms with Crippen LogP contribution in [0.5, 0.6) is 0 Å². The van der Waals surface area contributed by atoms with Crippen LogP contribution in [0.3, 0.4) is 0 Å². The number of hydrogen-bond donors (Lipinski definition) is 2. The maximum absolute atomic E-state index is 12.7. The molecular weight excluding hydrogens is 508 g/mol. The van der Waals surface area contributed by atoms with Crippen molar-refractivity contribution in [1.82, 2.24) is 20.3 Å². The van der Waals surface area contributed by atoms with Gasteiger partial charge >= 0.3 is 0 Å². The number of hydrogen-bond acceptors (Lipinski definition) is 8. The number of carbonyl (C=O) groups is 1. The molecule has 2 aromatic carbocycles. The topological polar surface area (TPSA) is 92.3 Å². The maximum Gasteiger partial charge on any atom is 0.263 e. The van der Waals surface area contributed by atoms with Crippen LogP contribution in [0.15, 0.2) is 60.8 Å². The van der Waals surface area contributed by atoms with E-state index in [4.69, 9.17) is 9.72 Å². The molecule has 9 heteroatoms. The summed E-state index contributed by atoms with van der Waals surface area (Å²) in [5.74, 6) is 0.733. The molecule has 0 spiro atoms. The van der Waals surface area contributed by atoms with Gasteiger partial charge in [-0.3, -0.25) is 4.79 Å². The number of nitrogens with zero attached hydrogens (tertiary/aromatic N) is 4. The van der Waals surface area contributed by atoms with Crippen LogP contribution in [0.1, 0.15) is 40.6 Å². The van der Waals surface area contributed by atoms with Crippen LogP contribution in [0.4, 0.5) is 16.5 Å². The van der Waals surface area contributed by atoms with Gasteiger partial charge in [-0.15, -0.1) is 0 Å². The van der Waals surface area contributed by atoms with Crippen LogP contribution < -0.4 is 15.5 Å². The second-order valence-corrected chi connectivity index (χ2v) is 11.8. The van der Waals surface area contributed by atoms with E-state index in [1.807, 2.05) is 32.9 Å². The van der Waals surface area contributed by atoms with Crippen molar-refractivity contribution in [2.75, 3.05) is 30.0 Å². The lowest BCUT2D eigenvalue weighted by atomic mass is 9.94. The largest absolute Gasteiger partial charge is 0.377 e. The monoisotopic (exact) mass is 540 g/mol. The lowest BCUT2D eigenvalue weighted by Crippen LogP contribution is -2.48. The van der Waals surface area contributed by atoms with E-state index >= 15 is 0 Å². The highest BCUT2D eigenvalue weighted by Crippen LogP contribution is 2.34. The minimum atomic E-state index is -0.277. The first-order chi connectivity index (χ1) is 18.8. The summed E-state index contributed by atoms with van der Waals surface area (Å²) < 4.78 is 5.88. The molecule has 2 aliphatic heterocycles. The van der Waals surface area contributed by atoms with Crippen molar-refractivity contribution in [3.8, 4) is 11.3 Å². The molecular formula is C30H32N6O2S. The van der Waals surface area contributed by atoms with E-state index in [9.17, 15) is 4.79 Å². The fourth-order valence-corrected chi connectivity index (χ4v) is 6.33. The number of aryl methyl sites for hydroxylation is 1. The summed E-state index contributed by atoms with van der Waals surface area (Å²) >= 11 is 1.50. The van der Waals surface area contributed by atoms with Crippen molar-refractivity contribution < 1.29 is 9.53 Å². The van der Waals surface area contributed by atoms with E-state index in [1.54, 1.807) is 6.20 Å². The zero-order valence-corrected chi connectivity index (χ0v) is 23.2. The molecule has 2 aromatic heterocycles. The first kappa shape index (κ1) is 25.5. The van der Waals surface area contributed by atoms with E-state index in [0.717, 1.165) is 63.5 Å². The molecule has 0 bridgehead atoms. The Hall–Kier alpha value is -3.82. The molecule has 1 fully saturated rings. The van der Waals surface area contributed by atoms with Crippen LogP contribution in [-0.2, 0) is 17.6 Å². The minimum absolute atomic E-state index is 0.0208. The Kier molecular flexibility index (Phi) is 6.78. The number of morpholine rings is 1. The average Bonchev–Trinajstić information content (AvgIpc) is 3.33. The number of rotatable bonds is 6. The standard InChI is InChI=1S/C30H32N6O2S/c1-19-31-11-10-25(32-19)21-7-5-9-23(16-21)33-22-8-4-6-20(14-22)15-24-18-38-13-12-36(24)29-34-26-17-30(2,3)35-28(37)27(26)39-29/h4-11,14,16,24,33H,12-13,15,17-18H2,1-3H3,(H,35,37). The minimum Gasteiger partial charge on any atom is -0.377 e. The number of thiazole rings is 1. The lowest BCUT2D eigenvalue weighted by molar-refractivity contribution is 0.0900. The third kappa shape index (κ3) is 5.65. The summed E-state index contributed by atoms with van der Waals surface area (Å²) in [4.78, 5) is 29.4.